The maximum atomic E-state index is 10.8. The number of hydrogen-bond donors (Lipinski definition) is 2. The second kappa shape index (κ2) is 4.17. The van der Waals surface area contributed by atoms with Crippen molar-refractivity contribution >= 4 is 23.9 Å². The molecule has 0 saturated carbocycles. The Bertz CT molecular complexity index is 550. The van der Waals surface area contributed by atoms with Gasteiger partial charge in [0.25, 0.3) is 0 Å². The predicted octanol–water partition coefficient (Wildman–Crippen LogP) is 0.779. The zero-order valence-corrected chi connectivity index (χ0v) is 8.62. The summed E-state index contributed by atoms with van der Waals surface area (Å²) in [6, 6.07) is 0. The van der Waals surface area contributed by atoms with Crippen LogP contribution in [-0.2, 0) is 9.59 Å². The second-order valence-corrected chi connectivity index (χ2v) is 3.45. The molecular formula is C11H8N2O4. The highest BCUT2D eigenvalue weighted by molar-refractivity contribution is 6.21. The average Bonchev–Trinajstić information content (AvgIpc) is 2.50. The van der Waals surface area contributed by atoms with E-state index < -0.39 is 11.9 Å². The standard InChI is InChI=1S/C11H8N2O4/c14-10(15)6-1-2-7-4-12-9(11(16)17)5-13-8(7)3-6/h1-2,4-5H,3H2,(H,14,15)(H,16,17). The van der Waals surface area contributed by atoms with Gasteiger partial charge in [-0.2, -0.15) is 0 Å². The van der Waals surface area contributed by atoms with Crippen LogP contribution in [0.3, 0.4) is 0 Å². The molecule has 1 heterocycles. The molecule has 0 radical (unpaired) electrons. The largest absolute Gasteiger partial charge is 0.478 e. The molecule has 1 aliphatic carbocycles. The number of hydrogen-bond acceptors (Lipinski definition) is 4. The summed E-state index contributed by atoms with van der Waals surface area (Å²) in [6.45, 7) is 0. The lowest BCUT2D eigenvalue weighted by atomic mass is 9.97. The quantitative estimate of drug-likeness (QED) is 0.734. The smallest absolute Gasteiger partial charge is 0.356 e. The first-order valence-corrected chi connectivity index (χ1v) is 4.76. The van der Waals surface area contributed by atoms with Gasteiger partial charge in [-0.25, -0.2) is 14.6 Å². The summed E-state index contributed by atoms with van der Waals surface area (Å²) in [4.78, 5) is 29.2. The van der Waals surface area contributed by atoms with Crippen LogP contribution in [0.25, 0.3) is 0 Å². The maximum absolute atomic E-state index is 10.8. The molecule has 0 fully saturated rings. The first kappa shape index (κ1) is 11.0. The van der Waals surface area contributed by atoms with Crippen LogP contribution in [0.2, 0.25) is 0 Å². The van der Waals surface area contributed by atoms with Crippen molar-refractivity contribution < 1.29 is 19.8 Å². The number of aliphatic imine (C=N–C) groups is 2. The van der Waals surface area contributed by atoms with Crippen molar-refractivity contribution in [1.29, 1.82) is 0 Å². The number of carboxylic acids is 2. The minimum absolute atomic E-state index is 0.163. The second-order valence-electron chi connectivity index (χ2n) is 3.45. The molecule has 2 rings (SSSR count). The van der Waals surface area contributed by atoms with Gasteiger partial charge in [-0.05, 0) is 0 Å². The van der Waals surface area contributed by atoms with E-state index in [4.69, 9.17) is 10.2 Å². The molecule has 0 aromatic carbocycles. The Balaban J connectivity index is 2.37. The molecule has 0 saturated heterocycles. The van der Waals surface area contributed by atoms with Crippen molar-refractivity contribution in [3.63, 3.8) is 0 Å². The summed E-state index contributed by atoms with van der Waals surface area (Å²) in [5, 5.41) is 17.6. The van der Waals surface area contributed by atoms with E-state index in [0.29, 0.717) is 11.3 Å². The van der Waals surface area contributed by atoms with Gasteiger partial charge in [0.05, 0.1) is 11.9 Å². The van der Waals surface area contributed by atoms with E-state index in [1.54, 1.807) is 6.08 Å². The fourth-order valence-corrected chi connectivity index (χ4v) is 1.43. The molecule has 0 aromatic heterocycles. The van der Waals surface area contributed by atoms with Gasteiger partial charge in [-0.1, -0.05) is 12.2 Å². The van der Waals surface area contributed by atoms with Gasteiger partial charge < -0.3 is 10.2 Å². The lowest BCUT2D eigenvalue weighted by molar-refractivity contribution is -0.133. The van der Waals surface area contributed by atoms with Crippen LogP contribution in [0.5, 0.6) is 0 Å². The molecule has 2 N–H and O–H groups in total. The zero-order chi connectivity index (χ0) is 12.4. The SMILES string of the molecule is O=C(O)C1=CC=C2C=NC(C(=O)O)=CN=C2C1. The Hall–Kier alpha value is -2.50. The van der Waals surface area contributed by atoms with E-state index in [0.717, 1.165) is 6.20 Å². The number of aliphatic carboxylic acids is 2. The third kappa shape index (κ3) is 2.20. The number of nitrogens with zero attached hydrogens (tertiary/aromatic N) is 2. The molecule has 17 heavy (non-hydrogen) atoms. The number of carbonyl (C=O) groups is 2. The van der Waals surface area contributed by atoms with Gasteiger partial charge in [0.15, 0.2) is 5.70 Å². The van der Waals surface area contributed by atoms with Crippen LogP contribution in [0, 0.1) is 0 Å². The van der Waals surface area contributed by atoms with Crippen LogP contribution in [-0.4, -0.2) is 34.1 Å². The topological polar surface area (TPSA) is 99.3 Å². The van der Waals surface area contributed by atoms with Crippen molar-refractivity contribution in [3.8, 4) is 0 Å². The van der Waals surface area contributed by atoms with Crippen molar-refractivity contribution in [3.05, 3.63) is 35.2 Å². The number of carboxylic acid groups (broad SMARTS) is 2. The Morgan fingerprint density at radius 1 is 1.18 bits per heavy atom. The molecule has 2 aliphatic rings. The molecule has 6 heteroatoms. The molecule has 1 aliphatic heterocycles. The van der Waals surface area contributed by atoms with E-state index in [1.165, 1.54) is 12.3 Å². The van der Waals surface area contributed by atoms with Crippen LogP contribution in [0.1, 0.15) is 6.42 Å². The highest BCUT2D eigenvalue weighted by Gasteiger charge is 2.19. The lowest BCUT2D eigenvalue weighted by Gasteiger charge is -2.10. The van der Waals surface area contributed by atoms with Gasteiger partial charge in [0.2, 0.25) is 0 Å². The molecule has 0 atom stereocenters. The predicted molar refractivity (Wildman–Crippen MR) is 60.1 cm³/mol. The first-order chi connectivity index (χ1) is 8.08. The van der Waals surface area contributed by atoms with Crippen molar-refractivity contribution in [2.75, 3.05) is 0 Å². The molecule has 6 nitrogen and oxygen atoms in total. The number of allylic oxidation sites excluding steroid dienone is 3. The van der Waals surface area contributed by atoms with Gasteiger partial charge in [0, 0.05) is 23.8 Å². The van der Waals surface area contributed by atoms with Crippen LogP contribution < -0.4 is 0 Å². The van der Waals surface area contributed by atoms with E-state index in [2.05, 4.69) is 9.98 Å². The third-order valence-electron chi connectivity index (χ3n) is 2.33. The summed E-state index contributed by atoms with van der Waals surface area (Å²) in [7, 11) is 0. The normalized spacial score (nSPS) is 18.1. The number of rotatable bonds is 2. The zero-order valence-electron chi connectivity index (χ0n) is 8.62. The lowest BCUT2D eigenvalue weighted by Crippen LogP contribution is -2.13. The summed E-state index contributed by atoms with van der Waals surface area (Å²) in [5.41, 5.74) is 1.17. The summed E-state index contributed by atoms with van der Waals surface area (Å²) in [5.74, 6) is -2.18. The molecule has 0 unspecified atom stereocenters. The van der Waals surface area contributed by atoms with E-state index in [-0.39, 0.29) is 17.7 Å². The fourth-order valence-electron chi connectivity index (χ4n) is 1.43. The molecule has 0 amide bonds. The number of fused-ring (bicyclic) bond motifs is 1. The summed E-state index contributed by atoms with van der Waals surface area (Å²) >= 11 is 0. The summed E-state index contributed by atoms with van der Waals surface area (Å²) < 4.78 is 0. The van der Waals surface area contributed by atoms with Gasteiger partial charge >= 0.3 is 11.9 Å². The van der Waals surface area contributed by atoms with Gasteiger partial charge in [0.1, 0.15) is 0 Å². The fraction of sp³-hybridized carbons (Fsp3) is 0.0909. The van der Waals surface area contributed by atoms with E-state index >= 15 is 0 Å². The van der Waals surface area contributed by atoms with Crippen molar-refractivity contribution in [2.24, 2.45) is 9.98 Å². The van der Waals surface area contributed by atoms with Gasteiger partial charge in [-0.15, -0.1) is 0 Å². The maximum Gasteiger partial charge on any atom is 0.356 e. The Labute approximate surface area is 96.0 Å². The third-order valence-corrected chi connectivity index (χ3v) is 2.33. The van der Waals surface area contributed by atoms with Gasteiger partial charge in [-0.3, -0.25) is 4.99 Å². The van der Waals surface area contributed by atoms with Crippen LogP contribution in [0.4, 0.5) is 0 Å². The molecule has 0 bridgehead atoms. The molecule has 0 aromatic rings. The summed E-state index contributed by atoms with van der Waals surface area (Å²) in [6.07, 6.45) is 5.69. The van der Waals surface area contributed by atoms with E-state index in [9.17, 15) is 9.59 Å². The highest BCUT2D eigenvalue weighted by atomic mass is 16.4. The highest BCUT2D eigenvalue weighted by Crippen LogP contribution is 2.18. The monoisotopic (exact) mass is 232 g/mol. The van der Waals surface area contributed by atoms with Crippen molar-refractivity contribution in [1.82, 2.24) is 0 Å². The first-order valence-electron chi connectivity index (χ1n) is 4.76. The Morgan fingerprint density at radius 3 is 2.59 bits per heavy atom. The average molecular weight is 232 g/mol. The van der Waals surface area contributed by atoms with Crippen LogP contribution in [0.15, 0.2) is 45.2 Å². The van der Waals surface area contributed by atoms with Crippen LogP contribution >= 0.6 is 0 Å². The molecular weight excluding hydrogens is 224 g/mol. The molecule has 0 spiro atoms. The minimum Gasteiger partial charge on any atom is -0.478 e. The minimum atomic E-state index is -1.17. The molecule has 86 valence electrons. The van der Waals surface area contributed by atoms with Crippen molar-refractivity contribution in [2.45, 2.75) is 6.42 Å². The van der Waals surface area contributed by atoms with E-state index in [1.807, 2.05) is 0 Å². The Morgan fingerprint density at radius 2 is 1.94 bits per heavy atom. The Kier molecular flexibility index (Phi) is 2.70.